The summed E-state index contributed by atoms with van der Waals surface area (Å²) in [7, 11) is -3.61. The van der Waals surface area contributed by atoms with Gasteiger partial charge in [-0.3, -0.25) is 9.59 Å². The van der Waals surface area contributed by atoms with Gasteiger partial charge in [0, 0.05) is 37.3 Å². The Hall–Kier alpha value is -1.93. The van der Waals surface area contributed by atoms with Crippen LogP contribution in [0.15, 0.2) is 29.2 Å². The van der Waals surface area contributed by atoms with E-state index in [1.807, 2.05) is 48.5 Å². The summed E-state index contributed by atoms with van der Waals surface area (Å²) in [6.07, 6.45) is 0.189. The van der Waals surface area contributed by atoms with E-state index in [4.69, 9.17) is 0 Å². The number of benzene rings is 1. The van der Waals surface area contributed by atoms with Crippen molar-refractivity contribution in [3.05, 3.63) is 24.3 Å². The molecule has 0 bridgehead atoms. The fourth-order valence-corrected chi connectivity index (χ4v) is 5.49. The molecule has 7 nitrogen and oxygen atoms in total. The molecule has 2 amide bonds. The van der Waals surface area contributed by atoms with Gasteiger partial charge in [0.1, 0.15) is 0 Å². The molecule has 0 spiro atoms. The van der Waals surface area contributed by atoms with E-state index in [0.717, 1.165) is 0 Å². The standard InChI is InChI=1S/C23H37N3O4S/c1-16(2)13-25(14-17(3)4)31(29,30)20-10-8-19(9-11-20)24-22(28)18-12-21(27)26(15-18)23(5,6)7/h8-11,16-18H,12-15H2,1-7H3,(H,24,28). The van der Waals surface area contributed by atoms with E-state index in [0.29, 0.717) is 25.3 Å². The molecule has 0 radical (unpaired) electrons. The molecule has 0 aliphatic carbocycles. The van der Waals surface area contributed by atoms with Crippen molar-refractivity contribution in [3.8, 4) is 0 Å². The van der Waals surface area contributed by atoms with Gasteiger partial charge in [-0.2, -0.15) is 4.31 Å². The van der Waals surface area contributed by atoms with E-state index in [1.165, 1.54) is 16.4 Å². The number of likely N-dealkylation sites (tertiary alicyclic amines) is 1. The fraction of sp³-hybridized carbons (Fsp3) is 0.652. The number of sulfonamides is 1. The van der Waals surface area contributed by atoms with Crippen LogP contribution >= 0.6 is 0 Å². The third-order valence-electron chi connectivity index (χ3n) is 5.20. The highest BCUT2D eigenvalue weighted by molar-refractivity contribution is 7.89. The Kier molecular flexibility index (Phi) is 7.92. The van der Waals surface area contributed by atoms with Crippen molar-refractivity contribution in [2.24, 2.45) is 17.8 Å². The SMILES string of the molecule is CC(C)CN(CC(C)C)S(=O)(=O)c1ccc(NC(=O)C2CC(=O)N(C(C)(C)C)C2)cc1. The lowest BCUT2D eigenvalue weighted by Crippen LogP contribution is -2.42. The molecule has 1 N–H and O–H groups in total. The van der Waals surface area contributed by atoms with Crippen molar-refractivity contribution in [3.63, 3.8) is 0 Å². The molecule has 31 heavy (non-hydrogen) atoms. The summed E-state index contributed by atoms with van der Waals surface area (Å²) in [6, 6.07) is 6.26. The number of hydrogen-bond acceptors (Lipinski definition) is 4. The van der Waals surface area contributed by atoms with Gasteiger partial charge in [0.2, 0.25) is 21.8 Å². The molecule has 1 aliphatic rings. The van der Waals surface area contributed by atoms with E-state index in [1.54, 1.807) is 17.0 Å². The number of hydrogen-bond donors (Lipinski definition) is 1. The van der Waals surface area contributed by atoms with E-state index in [-0.39, 0.29) is 40.5 Å². The molecule has 1 aromatic carbocycles. The summed E-state index contributed by atoms with van der Waals surface area (Å²) in [5, 5.41) is 2.82. The lowest BCUT2D eigenvalue weighted by Gasteiger charge is -2.31. The number of carbonyl (C=O) groups is 2. The number of nitrogens with one attached hydrogen (secondary N) is 1. The molecule has 0 saturated carbocycles. The van der Waals surface area contributed by atoms with Gasteiger partial charge in [-0.05, 0) is 56.9 Å². The molecule has 1 aliphatic heterocycles. The zero-order valence-corrected chi connectivity index (χ0v) is 20.6. The van der Waals surface area contributed by atoms with Crippen molar-refractivity contribution in [2.75, 3.05) is 25.0 Å². The first kappa shape index (κ1) is 25.3. The minimum Gasteiger partial charge on any atom is -0.337 e. The van der Waals surface area contributed by atoms with Gasteiger partial charge in [0.15, 0.2) is 0 Å². The normalized spacial score (nSPS) is 17.8. The first-order valence-electron chi connectivity index (χ1n) is 10.9. The topological polar surface area (TPSA) is 86.8 Å². The maximum atomic E-state index is 13.1. The fourth-order valence-electron chi connectivity index (χ4n) is 3.72. The maximum absolute atomic E-state index is 13.1. The zero-order valence-electron chi connectivity index (χ0n) is 19.8. The molecule has 1 saturated heterocycles. The summed E-state index contributed by atoms with van der Waals surface area (Å²) in [5.74, 6) is -0.230. The molecular weight excluding hydrogens is 414 g/mol. The third-order valence-corrected chi connectivity index (χ3v) is 7.05. The number of amides is 2. The second-order valence-corrected chi connectivity index (χ2v) is 12.1. The van der Waals surface area contributed by atoms with Crippen LogP contribution in [0.5, 0.6) is 0 Å². The first-order valence-corrected chi connectivity index (χ1v) is 12.4. The van der Waals surface area contributed by atoms with Gasteiger partial charge in [0.05, 0.1) is 10.8 Å². The largest absolute Gasteiger partial charge is 0.337 e. The summed E-state index contributed by atoms with van der Waals surface area (Å²) in [5.41, 5.74) is 0.199. The Labute approximate surface area is 187 Å². The van der Waals surface area contributed by atoms with Gasteiger partial charge >= 0.3 is 0 Å². The van der Waals surface area contributed by atoms with Crippen LogP contribution in [-0.4, -0.2) is 54.6 Å². The van der Waals surface area contributed by atoms with Gasteiger partial charge < -0.3 is 10.2 Å². The summed E-state index contributed by atoms with van der Waals surface area (Å²) < 4.78 is 27.7. The van der Waals surface area contributed by atoms with Crippen LogP contribution in [0.3, 0.4) is 0 Å². The monoisotopic (exact) mass is 451 g/mol. The van der Waals surface area contributed by atoms with Crippen LogP contribution in [0.1, 0.15) is 54.9 Å². The van der Waals surface area contributed by atoms with Crippen LogP contribution in [0, 0.1) is 17.8 Å². The van der Waals surface area contributed by atoms with Crippen molar-refractivity contribution >= 4 is 27.5 Å². The molecule has 1 fully saturated rings. The average molecular weight is 452 g/mol. The van der Waals surface area contributed by atoms with Crippen LogP contribution in [0.2, 0.25) is 0 Å². The quantitative estimate of drug-likeness (QED) is 0.655. The van der Waals surface area contributed by atoms with Crippen LogP contribution in [-0.2, 0) is 19.6 Å². The molecule has 2 rings (SSSR count). The Bertz CT molecular complexity index is 876. The number of anilines is 1. The number of carbonyl (C=O) groups excluding carboxylic acids is 2. The van der Waals surface area contributed by atoms with Crippen LogP contribution in [0.25, 0.3) is 0 Å². The van der Waals surface area contributed by atoms with E-state index >= 15 is 0 Å². The number of nitrogens with zero attached hydrogens (tertiary/aromatic N) is 2. The lowest BCUT2D eigenvalue weighted by atomic mass is 10.1. The van der Waals surface area contributed by atoms with Gasteiger partial charge in [0.25, 0.3) is 0 Å². The zero-order chi connectivity index (χ0) is 23.6. The third kappa shape index (κ3) is 6.53. The van der Waals surface area contributed by atoms with Crippen molar-refractivity contribution in [1.29, 1.82) is 0 Å². The predicted octanol–water partition coefficient (Wildman–Crippen LogP) is 3.57. The van der Waals surface area contributed by atoms with Gasteiger partial charge in [-0.25, -0.2) is 8.42 Å². The molecule has 1 atom stereocenters. The highest BCUT2D eigenvalue weighted by Gasteiger charge is 2.39. The molecule has 1 unspecified atom stereocenters. The van der Waals surface area contributed by atoms with Crippen LogP contribution in [0.4, 0.5) is 5.69 Å². The van der Waals surface area contributed by atoms with Crippen LogP contribution < -0.4 is 5.32 Å². The summed E-state index contributed by atoms with van der Waals surface area (Å²) in [4.78, 5) is 26.8. The highest BCUT2D eigenvalue weighted by Crippen LogP contribution is 2.27. The van der Waals surface area contributed by atoms with Gasteiger partial charge in [-0.1, -0.05) is 27.7 Å². The molecule has 1 aromatic rings. The Morgan fingerprint density at radius 2 is 1.61 bits per heavy atom. The molecule has 0 aromatic heterocycles. The second-order valence-electron chi connectivity index (χ2n) is 10.2. The molecular formula is C23H37N3O4S. The smallest absolute Gasteiger partial charge is 0.243 e. The van der Waals surface area contributed by atoms with Crippen molar-refractivity contribution in [1.82, 2.24) is 9.21 Å². The Balaban J connectivity index is 2.11. The van der Waals surface area contributed by atoms with E-state index in [9.17, 15) is 18.0 Å². The second kappa shape index (κ2) is 9.69. The maximum Gasteiger partial charge on any atom is 0.243 e. The van der Waals surface area contributed by atoms with E-state index < -0.39 is 15.9 Å². The molecule has 174 valence electrons. The van der Waals surface area contributed by atoms with E-state index in [2.05, 4.69) is 5.32 Å². The minimum absolute atomic E-state index is 0.0236. The first-order chi connectivity index (χ1) is 14.2. The van der Waals surface area contributed by atoms with Gasteiger partial charge in [-0.15, -0.1) is 0 Å². The Morgan fingerprint density at radius 1 is 1.10 bits per heavy atom. The van der Waals surface area contributed by atoms with Crippen molar-refractivity contribution in [2.45, 2.75) is 65.3 Å². The molecule has 8 heteroatoms. The highest BCUT2D eigenvalue weighted by atomic mass is 32.2. The Morgan fingerprint density at radius 3 is 2.03 bits per heavy atom. The number of rotatable bonds is 8. The lowest BCUT2D eigenvalue weighted by molar-refractivity contribution is -0.131. The summed E-state index contributed by atoms with van der Waals surface area (Å²) in [6.45, 7) is 15.1. The molecule has 1 heterocycles. The minimum atomic E-state index is -3.61. The predicted molar refractivity (Wildman–Crippen MR) is 123 cm³/mol. The summed E-state index contributed by atoms with van der Waals surface area (Å²) >= 11 is 0. The average Bonchev–Trinajstić information content (AvgIpc) is 3.03. The van der Waals surface area contributed by atoms with Crippen molar-refractivity contribution < 1.29 is 18.0 Å².